The molecule has 74 valence electrons. The molecule has 0 spiro atoms. The lowest BCUT2D eigenvalue weighted by molar-refractivity contribution is 0.576. The maximum atomic E-state index is 10.8. The SMILES string of the molecule is CS(=O)(=O)CCCn1cc(N)cn1. The molecule has 13 heavy (non-hydrogen) atoms. The second-order valence-electron chi connectivity index (χ2n) is 3.02. The Kier molecular flexibility index (Phi) is 2.92. The van der Waals surface area contributed by atoms with Crippen molar-refractivity contribution in [1.29, 1.82) is 0 Å². The van der Waals surface area contributed by atoms with Crippen LogP contribution in [0.1, 0.15) is 6.42 Å². The summed E-state index contributed by atoms with van der Waals surface area (Å²) in [6.07, 6.45) is 5.02. The van der Waals surface area contributed by atoms with Crippen molar-refractivity contribution >= 4 is 15.5 Å². The van der Waals surface area contributed by atoms with Crippen LogP contribution >= 0.6 is 0 Å². The first-order valence-electron chi connectivity index (χ1n) is 3.93. The first kappa shape index (κ1) is 10.0. The summed E-state index contributed by atoms with van der Waals surface area (Å²) in [5.41, 5.74) is 6.03. The van der Waals surface area contributed by atoms with E-state index in [-0.39, 0.29) is 5.75 Å². The van der Waals surface area contributed by atoms with Crippen LogP contribution in [0.25, 0.3) is 0 Å². The third-order valence-corrected chi connectivity index (χ3v) is 2.59. The van der Waals surface area contributed by atoms with Crippen LogP contribution in [0.15, 0.2) is 12.4 Å². The summed E-state index contributed by atoms with van der Waals surface area (Å²) in [4.78, 5) is 0. The van der Waals surface area contributed by atoms with Gasteiger partial charge in [0, 0.05) is 19.0 Å². The molecule has 1 rings (SSSR count). The molecule has 0 amide bonds. The normalized spacial score (nSPS) is 11.8. The Hall–Kier alpha value is -1.04. The highest BCUT2D eigenvalue weighted by atomic mass is 32.2. The van der Waals surface area contributed by atoms with Crippen LogP contribution in [-0.2, 0) is 16.4 Å². The van der Waals surface area contributed by atoms with E-state index in [1.807, 2.05) is 0 Å². The lowest BCUT2D eigenvalue weighted by atomic mass is 10.5. The highest BCUT2D eigenvalue weighted by Crippen LogP contribution is 1.99. The molecule has 0 aliphatic rings. The van der Waals surface area contributed by atoms with Crippen LogP contribution in [0, 0.1) is 0 Å². The summed E-state index contributed by atoms with van der Waals surface area (Å²) in [5, 5.41) is 3.93. The zero-order valence-electron chi connectivity index (χ0n) is 7.47. The molecular formula is C7H13N3O2S. The molecule has 0 aliphatic heterocycles. The van der Waals surface area contributed by atoms with Gasteiger partial charge in [-0.3, -0.25) is 4.68 Å². The van der Waals surface area contributed by atoms with Crippen molar-refractivity contribution in [1.82, 2.24) is 9.78 Å². The fraction of sp³-hybridized carbons (Fsp3) is 0.571. The minimum Gasteiger partial charge on any atom is -0.396 e. The highest BCUT2D eigenvalue weighted by molar-refractivity contribution is 7.90. The van der Waals surface area contributed by atoms with Gasteiger partial charge in [-0.2, -0.15) is 5.10 Å². The largest absolute Gasteiger partial charge is 0.396 e. The van der Waals surface area contributed by atoms with Crippen molar-refractivity contribution in [3.05, 3.63) is 12.4 Å². The Morgan fingerprint density at radius 3 is 2.77 bits per heavy atom. The average Bonchev–Trinajstić information content (AvgIpc) is 2.33. The lowest BCUT2D eigenvalue weighted by Crippen LogP contribution is -2.07. The Morgan fingerprint density at radius 1 is 1.62 bits per heavy atom. The smallest absolute Gasteiger partial charge is 0.147 e. The number of aryl methyl sites for hydroxylation is 1. The van der Waals surface area contributed by atoms with E-state index in [0.717, 1.165) is 0 Å². The van der Waals surface area contributed by atoms with E-state index in [1.54, 1.807) is 17.1 Å². The fourth-order valence-electron chi connectivity index (χ4n) is 0.991. The van der Waals surface area contributed by atoms with Gasteiger partial charge in [0.15, 0.2) is 0 Å². The van der Waals surface area contributed by atoms with Crippen LogP contribution in [-0.4, -0.2) is 30.2 Å². The van der Waals surface area contributed by atoms with Gasteiger partial charge >= 0.3 is 0 Å². The van der Waals surface area contributed by atoms with Gasteiger partial charge in [-0.05, 0) is 6.42 Å². The van der Waals surface area contributed by atoms with Crippen LogP contribution in [0.3, 0.4) is 0 Å². The molecule has 2 N–H and O–H groups in total. The van der Waals surface area contributed by atoms with E-state index in [4.69, 9.17) is 5.73 Å². The van der Waals surface area contributed by atoms with E-state index >= 15 is 0 Å². The Balaban J connectivity index is 2.36. The number of nitrogens with two attached hydrogens (primary N) is 1. The number of rotatable bonds is 4. The minimum absolute atomic E-state index is 0.187. The third-order valence-electron chi connectivity index (χ3n) is 1.56. The van der Waals surface area contributed by atoms with Gasteiger partial charge in [0.05, 0.1) is 17.6 Å². The van der Waals surface area contributed by atoms with Crippen molar-refractivity contribution < 1.29 is 8.42 Å². The van der Waals surface area contributed by atoms with Crippen molar-refractivity contribution in [2.24, 2.45) is 0 Å². The van der Waals surface area contributed by atoms with Gasteiger partial charge < -0.3 is 5.73 Å². The number of nitrogens with zero attached hydrogens (tertiary/aromatic N) is 2. The second-order valence-corrected chi connectivity index (χ2v) is 5.28. The van der Waals surface area contributed by atoms with E-state index in [0.29, 0.717) is 18.7 Å². The summed E-state index contributed by atoms with van der Waals surface area (Å²) >= 11 is 0. The minimum atomic E-state index is -2.86. The molecule has 0 radical (unpaired) electrons. The van der Waals surface area contributed by atoms with E-state index in [9.17, 15) is 8.42 Å². The molecule has 6 heteroatoms. The van der Waals surface area contributed by atoms with Crippen molar-refractivity contribution in [3.8, 4) is 0 Å². The van der Waals surface area contributed by atoms with Gasteiger partial charge in [-0.1, -0.05) is 0 Å². The number of hydrogen-bond acceptors (Lipinski definition) is 4. The molecule has 0 saturated heterocycles. The van der Waals surface area contributed by atoms with E-state index < -0.39 is 9.84 Å². The monoisotopic (exact) mass is 203 g/mol. The molecule has 0 unspecified atom stereocenters. The Bertz CT molecular complexity index is 369. The zero-order chi connectivity index (χ0) is 9.90. The first-order chi connectivity index (χ1) is 5.97. The molecule has 1 aromatic heterocycles. The predicted octanol–water partition coefficient (Wildman–Crippen LogP) is -0.100. The van der Waals surface area contributed by atoms with Crippen LogP contribution < -0.4 is 5.73 Å². The number of nitrogen functional groups attached to an aromatic ring is 1. The standard InChI is InChI=1S/C7H13N3O2S/c1-13(11,12)4-2-3-10-6-7(8)5-9-10/h5-6H,2-4,8H2,1H3. The zero-order valence-corrected chi connectivity index (χ0v) is 8.29. The van der Waals surface area contributed by atoms with Crippen LogP contribution in [0.5, 0.6) is 0 Å². The Labute approximate surface area is 77.5 Å². The Morgan fingerprint density at radius 2 is 2.31 bits per heavy atom. The number of hydrogen-bond donors (Lipinski definition) is 1. The maximum absolute atomic E-state index is 10.8. The van der Waals surface area contributed by atoms with Crippen LogP contribution in [0.2, 0.25) is 0 Å². The summed E-state index contributed by atoms with van der Waals surface area (Å²) in [5.74, 6) is 0.187. The number of aromatic nitrogens is 2. The topological polar surface area (TPSA) is 78.0 Å². The van der Waals surface area contributed by atoms with Gasteiger partial charge in [0.1, 0.15) is 9.84 Å². The number of anilines is 1. The highest BCUT2D eigenvalue weighted by Gasteiger charge is 2.01. The van der Waals surface area contributed by atoms with Crippen molar-refractivity contribution in [2.45, 2.75) is 13.0 Å². The molecule has 1 aromatic rings. The van der Waals surface area contributed by atoms with Crippen molar-refractivity contribution in [3.63, 3.8) is 0 Å². The van der Waals surface area contributed by atoms with Gasteiger partial charge in [0.2, 0.25) is 0 Å². The molecule has 0 saturated carbocycles. The third kappa shape index (κ3) is 3.93. The van der Waals surface area contributed by atoms with Gasteiger partial charge in [-0.15, -0.1) is 0 Å². The molecular weight excluding hydrogens is 190 g/mol. The maximum Gasteiger partial charge on any atom is 0.147 e. The molecule has 0 aromatic carbocycles. The summed E-state index contributed by atoms with van der Waals surface area (Å²) in [6, 6.07) is 0. The quantitative estimate of drug-likeness (QED) is 0.741. The molecule has 0 fully saturated rings. The summed E-state index contributed by atoms with van der Waals surface area (Å²) < 4.78 is 23.2. The van der Waals surface area contributed by atoms with Gasteiger partial charge in [-0.25, -0.2) is 8.42 Å². The second kappa shape index (κ2) is 3.78. The number of sulfone groups is 1. The van der Waals surface area contributed by atoms with Crippen LogP contribution in [0.4, 0.5) is 5.69 Å². The predicted molar refractivity (Wildman–Crippen MR) is 51.0 cm³/mol. The molecule has 5 nitrogen and oxygen atoms in total. The molecule has 0 aliphatic carbocycles. The van der Waals surface area contributed by atoms with E-state index in [2.05, 4.69) is 5.10 Å². The van der Waals surface area contributed by atoms with E-state index in [1.165, 1.54) is 6.26 Å². The summed E-state index contributed by atoms with van der Waals surface area (Å²) in [7, 11) is -2.86. The average molecular weight is 203 g/mol. The molecule has 0 atom stereocenters. The van der Waals surface area contributed by atoms with Gasteiger partial charge in [0.25, 0.3) is 0 Å². The first-order valence-corrected chi connectivity index (χ1v) is 5.99. The molecule has 0 bridgehead atoms. The summed E-state index contributed by atoms with van der Waals surface area (Å²) in [6.45, 7) is 0.588. The lowest BCUT2D eigenvalue weighted by Gasteiger charge is -1.99. The molecule has 1 heterocycles. The van der Waals surface area contributed by atoms with Crippen molar-refractivity contribution in [2.75, 3.05) is 17.7 Å². The fourth-order valence-corrected chi connectivity index (χ4v) is 1.64.